The maximum absolute atomic E-state index is 12.0. The third-order valence-electron chi connectivity index (χ3n) is 4.07. The first-order valence-corrected chi connectivity index (χ1v) is 8.29. The summed E-state index contributed by atoms with van der Waals surface area (Å²) in [6.07, 6.45) is 1.32. The lowest BCUT2D eigenvalue weighted by Gasteiger charge is -2.29. The average molecular weight is 345 g/mol. The van der Waals surface area contributed by atoms with Gasteiger partial charge in [0.1, 0.15) is 0 Å². The molecular formula is C16H22Cl2N2O2. The number of aliphatic hydroxyl groups is 1. The Morgan fingerprint density at radius 2 is 1.91 bits per heavy atom. The number of halogens is 2. The van der Waals surface area contributed by atoms with Crippen LogP contribution in [0.5, 0.6) is 0 Å². The van der Waals surface area contributed by atoms with Gasteiger partial charge in [0.25, 0.3) is 0 Å². The number of carbonyl (C=O) groups excluding carboxylic acids is 1. The average Bonchev–Trinajstić information content (AvgIpc) is 2.45. The van der Waals surface area contributed by atoms with Crippen molar-refractivity contribution in [3.8, 4) is 0 Å². The minimum absolute atomic E-state index is 0.0172. The molecule has 0 bridgehead atoms. The molecule has 0 spiro atoms. The van der Waals surface area contributed by atoms with Gasteiger partial charge < -0.3 is 15.3 Å². The molecule has 22 heavy (non-hydrogen) atoms. The minimum Gasteiger partial charge on any atom is -0.388 e. The zero-order valence-electron chi connectivity index (χ0n) is 12.7. The largest absolute Gasteiger partial charge is 0.388 e. The van der Waals surface area contributed by atoms with Crippen molar-refractivity contribution in [1.82, 2.24) is 10.2 Å². The zero-order valence-corrected chi connectivity index (χ0v) is 14.2. The summed E-state index contributed by atoms with van der Waals surface area (Å²) >= 11 is 11.8. The van der Waals surface area contributed by atoms with E-state index in [1.165, 1.54) is 0 Å². The first-order valence-electron chi connectivity index (χ1n) is 7.53. The second-order valence-corrected chi connectivity index (χ2v) is 6.85. The Morgan fingerprint density at radius 3 is 2.50 bits per heavy atom. The number of carbonyl (C=O) groups is 1. The number of benzene rings is 1. The van der Waals surface area contributed by atoms with Crippen molar-refractivity contribution in [2.45, 2.75) is 25.4 Å². The Balaban J connectivity index is 1.78. The maximum Gasteiger partial charge on any atom is 0.222 e. The quantitative estimate of drug-likeness (QED) is 0.863. The highest BCUT2D eigenvalue weighted by Gasteiger charge is 2.19. The topological polar surface area (TPSA) is 52.6 Å². The normalized spacial score (nSPS) is 18.2. The summed E-state index contributed by atoms with van der Waals surface area (Å²) in [7, 11) is 2.11. The Bertz CT molecular complexity index is 497. The molecule has 1 fully saturated rings. The summed E-state index contributed by atoms with van der Waals surface area (Å²) < 4.78 is 0. The van der Waals surface area contributed by atoms with Crippen molar-refractivity contribution in [3.63, 3.8) is 0 Å². The molecule has 6 heteroatoms. The van der Waals surface area contributed by atoms with E-state index in [1.807, 2.05) is 0 Å². The van der Waals surface area contributed by atoms with Crippen molar-refractivity contribution in [2.75, 3.05) is 26.7 Å². The van der Waals surface area contributed by atoms with Gasteiger partial charge in [-0.15, -0.1) is 0 Å². The summed E-state index contributed by atoms with van der Waals surface area (Å²) in [6, 6.07) is 4.85. The van der Waals surface area contributed by atoms with Crippen molar-refractivity contribution < 1.29 is 9.90 Å². The van der Waals surface area contributed by atoms with Crippen LogP contribution in [0.3, 0.4) is 0 Å². The zero-order chi connectivity index (χ0) is 16.1. The predicted octanol–water partition coefficient (Wildman–Crippen LogP) is 2.87. The van der Waals surface area contributed by atoms with Gasteiger partial charge in [0.2, 0.25) is 5.91 Å². The van der Waals surface area contributed by atoms with Crippen LogP contribution in [0.25, 0.3) is 0 Å². The lowest BCUT2D eigenvalue weighted by molar-refractivity contribution is -0.123. The fourth-order valence-corrected chi connectivity index (χ4v) is 3.20. The number of hydrogen-bond donors (Lipinski definition) is 2. The molecule has 4 nitrogen and oxygen atoms in total. The Kier molecular flexibility index (Phi) is 6.50. The van der Waals surface area contributed by atoms with Gasteiger partial charge in [-0.25, -0.2) is 0 Å². The fourth-order valence-electron chi connectivity index (χ4n) is 2.66. The van der Waals surface area contributed by atoms with E-state index < -0.39 is 6.10 Å². The van der Waals surface area contributed by atoms with Crippen LogP contribution in [0, 0.1) is 5.92 Å². The standard InChI is InChI=1S/C16H22Cl2N2O2/c1-20-4-2-11(3-5-20)10-19-16(22)9-15(21)12-6-13(17)8-14(18)7-12/h6-8,11,15,21H,2-5,9-10H2,1H3,(H,19,22). The number of nitrogens with one attached hydrogen (secondary N) is 1. The molecule has 1 unspecified atom stereocenters. The first kappa shape index (κ1) is 17.5. The van der Waals surface area contributed by atoms with Crippen LogP contribution in [-0.4, -0.2) is 42.6 Å². The molecule has 2 rings (SSSR count). The molecule has 0 aliphatic carbocycles. The maximum atomic E-state index is 12.0. The van der Waals surface area contributed by atoms with Crippen LogP contribution in [0.15, 0.2) is 18.2 Å². The Labute approximate surface area is 141 Å². The third kappa shape index (κ3) is 5.43. The van der Waals surface area contributed by atoms with Crippen molar-refractivity contribution >= 4 is 29.1 Å². The number of likely N-dealkylation sites (tertiary alicyclic amines) is 1. The predicted molar refractivity (Wildman–Crippen MR) is 89.3 cm³/mol. The highest BCUT2D eigenvalue weighted by Crippen LogP contribution is 2.25. The molecular weight excluding hydrogens is 323 g/mol. The number of aliphatic hydroxyl groups excluding tert-OH is 1. The third-order valence-corrected chi connectivity index (χ3v) is 4.51. The van der Waals surface area contributed by atoms with Gasteiger partial charge in [0.05, 0.1) is 12.5 Å². The molecule has 0 aromatic heterocycles. The monoisotopic (exact) mass is 344 g/mol. The van der Waals surface area contributed by atoms with E-state index in [9.17, 15) is 9.90 Å². The van der Waals surface area contributed by atoms with Crippen LogP contribution in [0.1, 0.15) is 30.9 Å². The van der Waals surface area contributed by atoms with Gasteiger partial charge in [-0.1, -0.05) is 23.2 Å². The van der Waals surface area contributed by atoms with E-state index in [0.717, 1.165) is 25.9 Å². The van der Waals surface area contributed by atoms with E-state index in [4.69, 9.17) is 23.2 Å². The summed E-state index contributed by atoms with van der Waals surface area (Å²) in [5.74, 6) is 0.375. The van der Waals surface area contributed by atoms with Crippen LogP contribution in [0.4, 0.5) is 0 Å². The number of nitrogens with zero attached hydrogens (tertiary/aromatic N) is 1. The molecule has 1 saturated heterocycles. The molecule has 0 saturated carbocycles. The smallest absolute Gasteiger partial charge is 0.222 e. The Morgan fingerprint density at radius 1 is 1.32 bits per heavy atom. The summed E-state index contributed by atoms with van der Waals surface area (Å²) in [6.45, 7) is 2.82. The van der Waals surface area contributed by atoms with Gasteiger partial charge in [-0.2, -0.15) is 0 Å². The molecule has 2 N–H and O–H groups in total. The Hall–Kier alpha value is -0.810. The second-order valence-electron chi connectivity index (χ2n) is 5.97. The lowest BCUT2D eigenvalue weighted by atomic mass is 9.97. The van der Waals surface area contributed by atoms with Crippen molar-refractivity contribution in [2.24, 2.45) is 5.92 Å². The number of amides is 1. The van der Waals surface area contributed by atoms with Gasteiger partial charge in [0.15, 0.2) is 0 Å². The van der Waals surface area contributed by atoms with Gasteiger partial charge >= 0.3 is 0 Å². The molecule has 1 aliphatic heterocycles. The molecule has 1 aromatic rings. The fraction of sp³-hybridized carbons (Fsp3) is 0.562. The molecule has 1 aliphatic rings. The van der Waals surface area contributed by atoms with Crippen molar-refractivity contribution in [1.29, 1.82) is 0 Å². The first-order chi connectivity index (χ1) is 10.4. The summed E-state index contributed by atoms with van der Waals surface area (Å²) in [4.78, 5) is 14.3. The van der Waals surface area contributed by atoms with Crippen LogP contribution in [0.2, 0.25) is 10.0 Å². The van der Waals surface area contributed by atoms with Gasteiger partial charge in [-0.05, 0) is 62.7 Å². The highest BCUT2D eigenvalue weighted by atomic mass is 35.5. The molecule has 122 valence electrons. The lowest BCUT2D eigenvalue weighted by Crippen LogP contribution is -2.37. The molecule has 1 atom stereocenters. The van der Waals surface area contributed by atoms with E-state index in [2.05, 4.69) is 17.3 Å². The van der Waals surface area contributed by atoms with E-state index in [0.29, 0.717) is 28.1 Å². The molecule has 0 radical (unpaired) electrons. The van der Waals surface area contributed by atoms with E-state index in [1.54, 1.807) is 18.2 Å². The van der Waals surface area contributed by atoms with E-state index in [-0.39, 0.29) is 12.3 Å². The highest BCUT2D eigenvalue weighted by molar-refractivity contribution is 6.34. The number of rotatable bonds is 5. The van der Waals surface area contributed by atoms with Gasteiger partial charge in [-0.3, -0.25) is 4.79 Å². The SMILES string of the molecule is CN1CCC(CNC(=O)CC(O)c2cc(Cl)cc(Cl)c2)CC1. The van der Waals surface area contributed by atoms with Crippen LogP contribution >= 0.6 is 23.2 Å². The molecule has 1 heterocycles. The van der Waals surface area contributed by atoms with E-state index >= 15 is 0 Å². The number of hydrogen-bond acceptors (Lipinski definition) is 3. The molecule has 1 aromatic carbocycles. The van der Waals surface area contributed by atoms with Crippen LogP contribution < -0.4 is 5.32 Å². The molecule has 1 amide bonds. The number of piperidine rings is 1. The van der Waals surface area contributed by atoms with Crippen molar-refractivity contribution in [3.05, 3.63) is 33.8 Å². The van der Waals surface area contributed by atoms with Gasteiger partial charge in [0, 0.05) is 16.6 Å². The van der Waals surface area contributed by atoms with Crippen LogP contribution in [-0.2, 0) is 4.79 Å². The minimum atomic E-state index is -0.895. The summed E-state index contributed by atoms with van der Waals surface area (Å²) in [5.41, 5.74) is 0.562. The summed E-state index contributed by atoms with van der Waals surface area (Å²) in [5, 5.41) is 13.9. The second kappa shape index (κ2) is 8.16.